The second kappa shape index (κ2) is 7.79. The lowest BCUT2D eigenvalue weighted by molar-refractivity contribution is 0.174. The van der Waals surface area contributed by atoms with Crippen LogP contribution in [0.4, 0.5) is 4.79 Å². The number of hydrogen-bond acceptors (Lipinski definition) is 4. The first kappa shape index (κ1) is 17.0. The van der Waals surface area contributed by atoms with E-state index in [9.17, 15) is 4.79 Å². The molecule has 1 aliphatic heterocycles. The molecule has 0 radical (unpaired) electrons. The van der Waals surface area contributed by atoms with Gasteiger partial charge in [0.25, 0.3) is 0 Å². The second-order valence-electron chi connectivity index (χ2n) is 6.04. The molecule has 6 heteroatoms. The smallest absolute Gasteiger partial charge is 0.315 e. The number of urea groups is 1. The van der Waals surface area contributed by atoms with Crippen LogP contribution >= 0.6 is 0 Å². The van der Waals surface area contributed by atoms with Crippen LogP contribution in [0.15, 0.2) is 42.5 Å². The van der Waals surface area contributed by atoms with Crippen molar-refractivity contribution in [3.63, 3.8) is 0 Å². The minimum Gasteiger partial charge on any atom is -0.491 e. The molecular formula is C19H22N2O4. The maximum atomic E-state index is 12.0. The van der Waals surface area contributed by atoms with E-state index in [2.05, 4.69) is 10.6 Å². The fourth-order valence-electron chi connectivity index (χ4n) is 2.48. The Balaban J connectivity index is 1.47. The Bertz CT molecular complexity index is 746. The number of fused-ring (bicyclic) bond motifs is 1. The Morgan fingerprint density at radius 1 is 1.04 bits per heavy atom. The van der Waals surface area contributed by atoms with Crippen molar-refractivity contribution in [2.24, 2.45) is 0 Å². The predicted molar refractivity (Wildman–Crippen MR) is 93.8 cm³/mol. The van der Waals surface area contributed by atoms with Gasteiger partial charge in [-0.15, -0.1) is 0 Å². The first-order valence-electron chi connectivity index (χ1n) is 8.26. The molecule has 6 nitrogen and oxygen atoms in total. The maximum absolute atomic E-state index is 12.0. The van der Waals surface area contributed by atoms with Gasteiger partial charge in [-0.1, -0.05) is 18.2 Å². The van der Waals surface area contributed by atoms with E-state index in [-0.39, 0.29) is 18.9 Å². The summed E-state index contributed by atoms with van der Waals surface area (Å²) in [4.78, 5) is 12.0. The normalized spacial score (nSPS) is 12.1. The van der Waals surface area contributed by atoms with Gasteiger partial charge in [0, 0.05) is 13.1 Å². The number of nitrogens with one attached hydrogen (secondary N) is 2. The summed E-state index contributed by atoms with van der Waals surface area (Å²) >= 11 is 0. The fourth-order valence-corrected chi connectivity index (χ4v) is 2.48. The topological polar surface area (TPSA) is 68.8 Å². The zero-order valence-corrected chi connectivity index (χ0v) is 14.4. The van der Waals surface area contributed by atoms with Gasteiger partial charge in [0.05, 0.1) is 6.10 Å². The molecule has 0 saturated heterocycles. The van der Waals surface area contributed by atoms with Crippen LogP contribution in [-0.2, 0) is 13.1 Å². The van der Waals surface area contributed by atoms with Gasteiger partial charge in [-0.2, -0.15) is 0 Å². The Kier molecular flexibility index (Phi) is 5.28. The summed E-state index contributed by atoms with van der Waals surface area (Å²) in [7, 11) is 0. The van der Waals surface area contributed by atoms with E-state index in [0.717, 1.165) is 22.6 Å². The molecule has 132 valence electrons. The monoisotopic (exact) mass is 342 g/mol. The van der Waals surface area contributed by atoms with Crippen LogP contribution in [0.25, 0.3) is 0 Å². The zero-order valence-electron chi connectivity index (χ0n) is 14.4. The van der Waals surface area contributed by atoms with Crippen LogP contribution in [0, 0.1) is 0 Å². The quantitative estimate of drug-likeness (QED) is 0.846. The molecule has 0 spiro atoms. The summed E-state index contributed by atoms with van der Waals surface area (Å²) in [6.07, 6.45) is 0.119. The van der Waals surface area contributed by atoms with E-state index >= 15 is 0 Å². The number of rotatable bonds is 6. The van der Waals surface area contributed by atoms with Gasteiger partial charge < -0.3 is 24.8 Å². The molecule has 2 aromatic carbocycles. The zero-order chi connectivity index (χ0) is 17.6. The van der Waals surface area contributed by atoms with E-state index < -0.39 is 0 Å². The van der Waals surface area contributed by atoms with Gasteiger partial charge in [-0.05, 0) is 49.2 Å². The van der Waals surface area contributed by atoms with Crippen molar-refractivity contribution in [3.8, 4) is 17.2 Å². The van der Waals surface area contributed by atoms with Crippen molar-refractivity contribution in [1.82, 2.24) is 10.6 Å². The number of amides is 2. The second-order valence-corrected chi connectivity index (χ2v) is 6.04. The number of benzene rings is 2. The van der Waals surface area contributed by atoms with Crippen molar-refractivity contribution >= 4 is 6.03 Å². The highest BCUT2D eigenvalue weighted by Gasteiger charge is 2.13. The van der Waals surface area contributed by atoms with E-state index in [1.54, 1.807) is 0 Å². The molecular weight excluding hydrogens is 320 g/mol. The van der Waals surface area contributed by atoms with Gasteiger partial charge in [-0.3, -0.25) is 0 Å². The van der Waals surface area contributed by atoms with Crippen molar-refractivity contribution in [1.29, 1.82) is 0 Å². The van der Waals surface area contributed by atoms with Gasteiger partial charge in [-0.25, -0.2) is 4.79 Å². The lowest BCUT2D eigenvalue weighted by atomic mass is 10.2. The van der Waals surface area contributed by atoms with Crippen LogP contribution in [0.2, 0.25) is 0 Å². The largest absolute Gasteiger partial charge is 0.491 e. The van der Waals surface area contributed by atoms with Gasteiger partial charge >= 0.3 is 6.03 Å². The van der Waals surface area contributed by atoms with Crippen LogP contribution in [-0.4, -0.2) is 18.9 Å². The first-order chi connectivity index (χ1) is 12.1. The molecule has 1 heterocycles. The van der Waals surface area contributed by atoms with E-state index in [1.807, 2.05) is 56.3 Å². The summed E-state index contributed by atoms with van der Waals surface area (Å²) in [6.45, 7) is 5.05. The molecule has 2 amide bonds. The predicted octanol–water partition coefficient (Wildman–Crippen LogP) is 3.20. The third-order valence-electron chi connectivity index (χ3n) is 3.61. The Labute approximate surface area is 147 Å². The minimum atomic E-state index is -0.229. The molecule has 2 N–H and O–H groups in total. The summed E-state index contributed by atoms with van der Waals surface area (Å²) in [5, 5.41) is 5.67. The molecule has 25 heavy (non-hydrogen) atoms. The molecule has 1 aliphatic rings. The summed E-state index contributed by atoms with van der Waals surface area (Å²) in [5.41, 5.74) is 1.93. The van der Waals surface area contributed by atoms with Gasteiger partial charge in [0.2, 0.25) is 6.79 Å². The molecule has 2 aromatic rings. The molecule has 0 unspecified atom stereocenters. The number of ether oxygens (including phenoxy) is 3. The SMILES string of the molecule is CC(C)Oc1cccc(CNC(=O)NCc2ccc3c(c2)OCO3)c1. The lowest BCUT2D eigenvalue weighted by Crippen LogP contribution is -2.34. The highest BCUT2D eigenvalue weighted by atomic mass is 16.7. The van der Waals surface area contributed by atoms with E-state index in [1.165, 1.54) is 0 Å². The van der Waals surface area contributed by atoms with Crippen LogP contribution in [0.5, 0.6) is 17.2 Å². The summed E-state index contributed by atoms with van der Waals surface area (Å²) in [6, 6.07) is 13.1. The Morgan fingerprint density at radius 3 is 2.52 bits per heavy atom. The Hall–Kier alpha value is -2.89. The van der Waals surface area contributed by atoms with E-state index in [0.29, 0.717) is 18.8 Å². The fraction of sp³-hybridized carbons (Fsp3) is 0.316. The minimum absolute atomic E-state index is 0.119. The number of hydrogen-bond donors (Lipinski definition) is 2. The van der Waals surface area contributed by atoms with Crippen LogP contribution in [0.1, 0.15) is 25.0 Å². The molecule has 0 saturated carbocycles. The molecule has 0 fully saturated rings. The summed E-state index contributed by atoms with van der Waals surface area (Å²) < 4.78 is 16.2. The Morgan fingerprint density at radius 2 is 1.76 bits per heavy atom. The molecule has 0 aliphatic carbocycles. The third kappa shape index (κ3) is 4.79. The number of carbonyl (C=O) groups is 1. The van der Waals surface area contributed by atoms with Crippen LogP contribution < -0.4 is 24.8 Å². The molecule has 0 aromatic heterocycles. The van der Waals surface area contributed by atoms with Crippen molar-refractivity contribution in [2.45, 2.75) is 33.0 Å². The maximum Gasteiger partial charge on any atom is 0.315 e. The average Bonchev–Trinajstić information content (AvgIpc) is 3.05. The highest BCUT2D eigenvalue weighted by Crippen LogP contribution is 2.32. The average molecular weight is 342 g/mol. The van der Waals surface area contributed by atoms with E-state index in [4.69, 9.17) is 14.2 Å². The third-order valence-corrected chi connectivity index (χ3v) is 3.61. The number of carbonyl (C=O) groups excluding carboxylic acids is 1. The summed E-state index contributed by atoms with van der Waals surface area (Å²) in [5.74, 6) is 2.24. The van der Waals surface area contributed by atoms with Gasteiger partial charge in [0.15, 0.2) is 11.5 Å². The van der Waals surface area contributed by atoms with Crippen molar-refractivity contribution in [3.05, 3.63) is 53.6 Å². The van der Waals surface area contributed by atoms with Crippen molar-refractivity contribution < 1.29 is 19.0 Å². The standard InChI is InChI=1S/C19H22N2O4/c1-13(2)25-16-5-3-4-14(8-16)10-20-19(22)21-11-15-6-7-17-18(9-15)24-12-23-17/h3-9,13H,10-12H2,1-2H3,(H2,20,21,22). The van der Waals surface area contributed by atoms with Crippen LogP contribution in [0.3, 0.4) is 0 Å². The molecule has 0 bridgehead atoms. The highest BCUT2D eigenvalue weighted by molar-refractivity contribution is 5.73. The lowest BCUT2D eigenvalue weighted by Gasteiger charge is -2.12. The molecule has 0 atom stereocenters. The van der Waals surface area contributed by atoms with Crippen molar-refractivity contribution in [2.75, 3.05) is 6.79 Å². The van der Waals surface area contributed by atoms with Gasteiger partial charge in [0.1, 0.15) is 5.75 Å². The molecule has 3 rings (SSSR count). The first-order valence-corrected chi connectivity index (χ1v) is 8.26.